The van der Waals surface area contributed by atoms with Crippen molar-refractivity contribution in [2.45, 2.75) is 45.4 Å². The van der Waals surface area contributed by atoms with Crippen LogP contribution in [-0.2, 0) is 16.0 Å². The van der Waals surface area contributed by atoms with E-state index in [0.29, 0.717) is 25.7 Å². The molecule has 0 aliphatic heterocycles. The first-order valence-corrected chi connectivity index (χ1v) is 9.47. The summed E-state index contributed by atoms with van der Waals surface area (Å²) >= 11 is 0. The number of unbranched alkanes of at least 4 members (excludes halogenated alkanes) is 1. The number of aromatic nitrogens is 2. The van der Waals surface area contributed by atoms with Gasteiger partial charge in [0.25, 0.3) is 0 Å². The fourth-order valence-corrected chi connectivity index (χ4v) is 3.32. The molecule has 1 aromatic heterocycles. The zero-order valence-corrected chi connectivity index (χ0v) is 15.5. The predicted octanol–water partition coefficient (Wildman–Crippen LogP) is 2.50. The summed E-state index contributed by atoms with van der Waals surface area (Å²) in [4.78, 5) is 32.5. The summed E-state index contributed by atoms with van der Waals surface area (Å²) in [5.41, 5.74) is 2.70. The van der Waals surface area contributed by atoms with E-state index in [1.807, 2.05) is 49.4 Å². The first kappa shape index (κ1) is 19.0. The Bertz CT molecular complexity index is 952. The van der Waals surface area contributed by atoms with Crippen molar-refractivity contribution in [2.75, 3.05) is 0 Å². The summed E-state index contributed by atoms with van der Waals surface area (Å²) in [5, 5.41) is 10.4. The van der Waals surface area contributed by atoms with Gasteiger partial charge in [-0.3, -0.25) is 9.59 Å². The maximum absolute atomic E-state index is 12.1. The zero-order chi connectivity index (χ0) is 19.2. The van der Waals surface area contributed by atoms with Gasteiger partial charge in [0, 0.05) is 24.3 Å². The molecule has 140 valence electrons. The smallest absolute Gasteiger partial charge is 0.303 e. The SMILES string of the molecule is CCC(=O)C1C=c2nc(CCCCC(=O)O)c(-c3ccccc3)nc2=CC1. The van der Waals surface area contributed by atoms with Crippen LogP contribution in [0.1, 0.15) is 44.7 Å². The second-order valence-electron chi connectivity index (χ2n) is 6.79. The van der Waals surface area contributed by atoms with E-state index in [4.69, 9.17) is 15.1 Å². The number of carbonyl (C=O) groups excluding carboxylic acids is 1. The highest BCUT2D eigenvalue weighted by molar-refractivity contribution is 5.87. The van der Waals surface area contributed by atoms with Crippen LogP contribution in [0.2, 0.25) is 0 Å². The number of rotatable bonds is 8. The van der Waals surface area contributed by atoms with E-state index >= 15 is 0 Å². The quantitative estimate of drug-likeness (QED) is 0.728. The maximum Gasteiger partial charge on any atom is 0.303 e. The van der Waals surface area contributed by atoms with Crippen LogP contribution < -0.4 is 10.7 Å². The number of carbonyl (C=O) groups is 2. The van der Waals surface area contributed by atoms with Crippen LogP contribution >= 0.6 is 0 Å². The Hall–Kier alpha value is -2.82. The largest absolute Gasteiger partial charge is 0.481 e. The Morgan fingerprint density at radius 3 is 2.59 bits per heavy atom. The number of aryl methyl sites for hydroxylation is 1. The summed E-state index contributed by atoms with van der Waals surface area (Å²) in [5.74, 6) is -0.688. The van der Waals surface area contributed by atoms with Gasteiger partial charge in [-0.15, -0.1) is 0 Å². The molecule has 2 aromatic rings. The van der Waals surface area contributed by atoms with Gasteiger partial charge in [-0.25, -0.2) is 9.97 Å². The molecule has 27 heavy (non-hydrogen) atoms. The standard InChI is InChI=1S/C22H24N2O3/c1-2-20(25)16-12-13-17-19(14-16)23-18(10-6-7-11-21(26)27)22(24-17)15-8-4-3-5-9-15/h3-5,8-9,13-14,16H,2,6-7,10-12H2,1H3,(H,26,27). The lowest BCUT2D eigenvalue weighted by Gasteiger charge is -2.14. The Morgan fingerprint density at radius 1 is 1.11 bits per heavy atom. The lowest BCUT2D eigenvalue weighted by molar-refractivity contribution is -0.137. The minimum atomic E-state index is -0.779. The Balaban J connectivity index is 1.98. The minimum absolute atomic E-state index is 0.126. The van der Waals surface area contributed by atoms with E-state index in [2.05, 4.69) is 0 Å². The number of hydrogen-bond donors (Lipinski definition) is 1. The number of fused-ring (bicyclic) bond motifs is 1. The molecule has 0 fully saturated rings. The number of benzene rings is 1. The van der Waals surface area contributed by atoms with Gasteiger partial charge in [-0.05, 0) is 31.8 Å². The van der Waals surface area contributed by atoms with Crippen molar-refractivity contribution < 1.29 is 14.7 Å². The molecule has 0 saturated heterocycles. The third-order valence-electron chi connectivity index (χ3n) is 4.81. The summed E-state index contributed by atoms with van der Waals surface area (Å²) in [6.07, 6.45) is 7.28. The first-order valence-electron chi connectivity index (χ1n) is 9.47. The molecule has 0 radical (unpaired) electrons. The molecule has 1 aromatic carbocycles. The van der Waals surface area contributed by atoms with Gasteiger partial charge >= 0.3 is 5.97 Å². The summed E-state index contributed by atoms with van der Waals surface area (Å²) in [6.45, 7) is 1.88. The molecule has 5 nitrogen and oxygen atoms in total. The van der Waals surface area contributed by atoms with E-state index in [1.165, 1.54) is 0 Å². The molecule has 1 aliphatic carbocycles. The van der Waals surface area contributed by atoms with Crippen LogP contribution in [0.4, 0.5) is 0 Å². The fraction of sp³-hybridized carbons (Fsp3) is 0.364. The van der Waals surface area contributed by atoms with Crippen LogP contribution in [0.5, 0.6) is 0 Å². The molecule has 0 saturated carbocycles. The lowest BCUT2D eigenvalue weighted by Crippen LogP contribution is -2.37. The average molecular weight is 364 g/mol. The van der Waals surface area contributed by atoms with Gasteiger partial charge < -0.3 is 5.11 Å². The number of Topliss-reactive ketones (excluding diaryl/α,β-unsaturated/α-hetero) is 1. The van der Waals surface area contributed by atoms with E-state index in [1.54, 1.807) is 0 Å². The topological polar surface area (TPSA) is 80.2 Å². The van der Waals surface area contributed by atoms with E-state index in [-0.39, 0.29) is 18.1 Å². The highest BCUT2D eigenvalue weighted by atomic mass is 16.4. The Kier molecular flexibility index (Phi) is 6.12. The molecule has 0 bridgehead atoms. The summed E-state index contributed by atoms with van der Waals surface area (Å²) in [7, 11) is 0. The third-order valence-corrected chi connectivity index (χ3v) is 4.81. The predicted molar refractivity (Wildman–Crippen MR) is 104 cm³/mol. The van der Waals surface area contributed by atoms with Gasteiger partial charge in [0.05, 0.1) is 22.1 Å². The average Bonchev–Trinajstić information content (AvgIpc) is 2.70. The van der Waals surface area contributed by atoms with Gasteiger partial charge in [0.1, 0.15) is 5.78 Å². The highest BCUT2D eigenvalue weighted by Crippen LogP contribution is 2.20. The molecule has 1 aliphatic rings. The second-order valence-corrected chi connectivity index (χ2v) is 6.79. The van der Waals surface area contributed by atoms with Crippen molar-refractivity contribution in [1.29, 1.82) is 0 Å². The number of nitrogens with zero attached hydrogens (tertiary/aromatic N) is 2. The zero-order valence-electron chi connectivity index (χ0n) is 15.5. The number of carboxylic acid groups (broad SMARTS) is 1. The van der Waals surface area contributed by atoms with Crippen LogP contribution in [0.15, 0.2) is 30.3 Å². The van der Waals surface area contributed by atoms with Gasteiger partial charge in [0.2, 0.25) is 0 Å². The van der Waals surface area contributed by atoms with Crippen molar-refractivity contribution in [3.8, 4) is 11.3 Å². The van der Waals surface area contributed by atoms with Crippen LogP contribution in [0, 0.1) is 5.92 Å². The molecule has 5 heteroatoms. The van der Waals surface area contributed by atoms with Gasteiger partial charge in [-0.1, -0.05) is 43.3 Å². The monoisotopic (exact) mass is 364 g/mol. The summed E-state index contributed by atoms with van der Waals surface area (Å²) < 4.78 is 0. The normalized spacial score (nSPS) is 15.4. The molecule has 1 unspecified atom stereocenters. The molecule has 3 rings (SSSR count). The van der Waals surface area contributed by atoms with Crippen LogP contribution in [-0.4, -0.2) is 26.8 Å². The van der Waals surface area contributed by atoms with E-state index in [9.17, 15) is 9.59 Å². The van der Waals surface area contributed by atoms with Crippen LogP contribution in [0.25, 0.3) is 23.4 Å². The van der Waals surface area contributed by atoms with Crippen molar-refractivity contribution in [1.82, 2.24) is 9.97 Å². The Morgan fingerprint density at radius 2 is 1.89 bits per heavy atom. The van der Waals surface area contributed by atoms with Crippen LogP contribution in [0.3, 0.4) is 0 Å². The van der Waals surface area contributed by atoms with Gasteiger partial charge in [-0.2, -0.15) is 0 Å². The third kappa shape index (κ3) is 4.67. The highest BCUT2D eigenvalue weighted by Gasteiger charge is 2.17. The molecule has 0 amide bonds. The molecule has 1 N–H and O–H groups in total. The van der Waals surface area contributed by atoms with Crippen molar-refractivity contribution >= 4 is 23.9 Å². The summed E-state index contributed by atoms with van der Waals surface area (Å²) in [6, 6.07) is 9.91. The molecule has 1 heterocycles. The van der Waals surface area contributed by atoms with Gasteiger partial charge in [0.15, 0.2) is 0 Å². The van der Waals surface area contributed by atoms with E-state index < -0.39 is 5.97 Å². The van der Waals surface area contributed by atoms with Crippen molar-refractivity contribution in [2.24, 2.45) is 5.92 Å². The van der Waals surface area contributed by atoms with E-state index in [0.717, 1.165) is 34.1 Å². The second kappa shape index (κ2) is 8.71. The fourth-order valence-electron chi connectivity index (χ4n) is 3.32. The molecular weight excluding hydrogens is 340 g/mol. The van der Waals surface area contributed by atoms with Crippen molar-refractivity contribution in [3.05, 3.63) is 46.7 Å². The molecular formula is C22H24N2O3. The lowest BCUT2D eigenvalue weighted by atomic mass is 9.94. The maximum atomic E-state index is 12.1. The number of ketones is 1. The minimum Gasteiger partial charge on any atom is -0.481 e. The first-order chi connectivity index (χ1) is 13.1. The number of carboxylic acids is 1. The number of aliphatic carboxylic acids is 1. The number of hydrogen-bond acceptors (Lipinski definition) is 4. The Labute approximate surface area is 158 Å². The molecule has 1 atom stereocenters. The van der Waals surface area contributed by atoms with Crippen molar-refractivity contribution in [3.63, 3.8) is 0 Å². The molecule has 0 spiro atoms.